The van der Waals surface area contributed by atoms with Gasteiger partial charge in [0.1, 0.15) is 0 Å². The minimum atomic E-state index is 0.722. The van der Waals surface area contributed by atoms with E-state index in [0.29, 0.717) is 0 Å². The largest absolute Gasteiger partial charge is 0.314 e. The number of hydroxylamine groups is 2. The molecule has 0 saturated carbocycles. The van der Waals surface area contributed by atoms with Crippen molar-refractivity contribution in [2.75, 3.05) is 13.1 Å². The van der Waals surface area contributed by atoms with Crippen LogP contribution < -0.4 is 0 Å². The number of hydrogen-bond acceptors (Lipinski definition) is 2. The molecule has 1 rings (SSSR count). The molecule has 0 aromatic heterocycles. The van der Waals surface area contributed by atoms with E-state index in [0.717, 1.165) is 19.5 Å². The highest BCUT2D eigenvalue weighted by molar-refractivity contribution is 5.02. The summed E-state index contributed by atoms with van der Waals surface area (Å²) in [6.45, 7) is 7.54. The summed E-state index contributed by atoms with van der Waals surface area (Å²) in [5.74, 6) is 0. The first-order valence-corrected chi connectivity index (χ1v) is 3.88. The maximum Gasteiger partial charge on any atom is 0.0445 e. The average molecular weight is 143 g/mol. The van der Waals surface area contributed by atoms with Gasteiger partial charge in [-0.1, -0.05) is 25.5 Å². The van der Waals surface area contributed by atoms with Gasteiger partial charge >= 0.3 is 0 Å². The van der Waals surface area contributed by atoms with E-state index in [-0.39, 0.29) is 0 Å². The fraction of sp³-hybridized carbons (Fsp3) is 0.750. The molecule has 60 valence electrons. The lowest BCUT2D eigenvalue weighted by Crippen LogP contribution is -2.25. The Hall–Kier alpha value is -0.340. The lowest BCUT2D eigenvalue weighted by Gasteiger charge is -2.18. The molecule has 0 aliphatic carbocycles. The summed E-state index contributed by atoms with van der Waals surface area (Å²) in [5.41, 5.74) is 1.26. The van der Waals surface area contributed by atoms with Crippen molar-refractivity contribution in [1.82, 2.24) is 5.06 Å². The van der Waals surface area contributed by atoms with Gasteiger partial charge in [0.05, 0.1) is 0 Å². The van der Waals surface area contributed by atoms with Gasteiger partial charge in [-0.15, -0.1) is 0 Å². The van der Waals surface area contributed by atoms with Gasteiger partial charge in [-0.2, -0.15) is 5.06 Å². The molecule has 0 spiro atoms. The molecule has 10 heavy (non-hydrogen) atoms. The Morgan fingerprint density at radius 2 is 2.10 bits per heavy atom. The van der Waals surface area contributed by atoms with Crippen LogP contribution in [0.5, 0.6) is 0 Å². The average Bonchev–Trinajstić information content (AvgIpc) is 1.91. The molecule has 0 radical (unpaired) electrons. The van der Waals surface area contributed by atoms with Crippen LogP contribution >= 0.6 is 0 Å². The van der Waals surface area contributed by atoms with Crippen LogP contribution in [0.25, 0.3) is 0 Å². The molecule has 1 aliphatic heterocycles. The standard InChI is InChI=1S/C6H11NO.C2H6/c1-6-3-2-4-7(8)5-6;1-2/h3,8H,2,4-5H2,1H3;1-2H3. The smallest absolute Gasteiger partial charge is 0.0445 e. The van der Waals surface area contributed by atoms with E-state index in [1.807, 2.05) is 20.8 Å². The van der Waals surface area contributed by atoms with Gasteiger partial charge in [-0.3, -0.25) is 0 Å². The van der Waals surface area contributed by atoms with Gasteiger partial charge in [-0.05, 0) is 13.3 Å². The highest BCUT2D eigenvalue weighted by Gasteiger charge is 2.04. The van der Waals surface area contributed by atoms with Crippen molar-refractivity contribution in [2.45, 2.75) is 27.2 Å². The molecule has 0 fully saturated rings. The molecule has 0 amide bonds. The molecule has 0 atom stereocenters. The van der Waals surface area contributed by atoms with E-state index in [2.05, 4.69) is 6.08 Å². The van der Waals surface area contributed by atoms with Gasteiger partial charge in [0.25, 0.3) is 0 Å². The van der Waals surface area contributed by atoms with Gasteiger partial charge in [0.15, 0.2) is 0 Å². The van der Waals surface area contributed by atoms with Crippen molar-refractivity contribution in [3.63, 3.8) is 0 Å². The van der Waals surface area contributed by atoms with E-state index in [9.17, 15) is 0 Å². The van der Waals surface area contributed by atoms with E-state index < -0.39 is 0 Å². The topological polar surface area (TPSA) is 23.5 Å². The van der Waals surface area contributed by atoms with Gasteiger partial charge < -0.3 is 5.21 Å². The summed E-state index contributed by atoms with van der Waals surface area (Å²) in [4.78, 5) is 0. The normalized spacial score (nSPS) is 19.0. The van der Waals surface area contributed by atoms with E-state index in [1.165, 1.54) is 10.6 Å². The maximum absolute atomic E-state index is 8.87. The first kappa shape index (κ1) is 9.66. The molecule has 1 aliphatic rings. The zero-order valence-corrected chi connectivity index (χ0v) is 7.09. The summed E-state index contributed by atoms with van der Waals surface area (Å²) < 4.78 is 0. The fourth-order valence-electron chi connectivity index (χ4n) is 0.891. The molecule has 0 aromatic carbocycles. The van der Waals surface area contributed by atoms with Gasteiger partial charge in [-0.25, -0.2) is 0 Å². The summed E-state index contributed by atoms with van der Waals surface area (Å²) in [6.07, 6.45) is 3.15. The lowest BCUT2D eigenvalue weighted by atomic mass is 10.2. The molecule has 0 bridgehead atoms. The molecule has 1 heterocycles. The Morgan fingerprint density at radius 3 is 2.40 bits per heavy atom. The molecular formula is C8H17NO. The number of nitrogens with zero attached hydrogens (tertiary/aromatic N) is 1. The third kappa shape index (κ3) is 3.64. The van der Waals surface area contributed by atoms with Crippen molar-refractivity contribution in [2.24, 2.45) is 0 Å². The lowest BCUT2D eigenvalue weighted by molar-refractivity contribution is -0.0843. The highest BCUT2D eigenvalue weighted by Crippen LogP contribution is 2.04. The van der Waals surface area contributed by atoms with Crippen LogP contribution in [0.2, 0.25) is 0 Å². The van der Waals surface area contributed by atoms with Crippen LogP contribution in [0.3, 0.4) is 0 Å². The van der Waals surface area contributed by atoms with E-state index in [1.54, 1.807) is 0 Å². The molecule has 0 unspecified atom stereocenters. The molecule has 0 aromatic rings. The van der Waals surface area contributed by atoms with Crippen LogP contribution in [0.1, 0.15) is 27.2 Å². The second-order valence-electron chi connectivity index (χ2n) is 2.23. The zero-order chi connectivity index (χ0) is 7.98. The highest BCUT2D eigenvalue weighted by atomic mass is 16.5. The minimum Gasteiger partial charge on any atom is -0.314 e. The van der Waals surface area contributed by atoms with Crippen molar-refractivity contribution < 1.29 is 5.21 Å². The molecule has 2 heteroatoms. The molecule has 0 saturated heterocycles. The second-order valence-corrected chi connectivity index (χ2v) is 2.23. The third-order valence-electron chi connectivity index (χ3n) is 1.31. The van der Waals surface area contributed by atoms with Crippen LogP contribution in [0.15, 0.2) is 11.6 Å². The Balaban J connectivity index is 0.000000371. The van der Waals surface area contributed by atoms with Crippen LogP contribution in [0.4, 0.5) is 0 Å². The summed E-state index contributed by atoms with van der Waals surface area (Å²) in [6, 6.07) is 0. The first-order valence-electron chi connectivity index (χ1n) is 3.88. The van der Waals surface area contributed by atoms with Gasteiger partial charge in [0, 0.05) is 13.1 Å². The van der Waals surface area contributed by atoms with Crippen LogP contribution in [-0.4, -0.2) is 23.4 Å². The third-order valence-corrected chi connectivity index (χ3v) is 1.31. The van der Waals surface area contributed by atoms with E-state index >= 15 is 0 Å². The van der Waals surface area contributed by atoms with Crippen LogP contribution in [0, 0.1) is 0 Å². The molecular weight excluding hydrogens is 126 g/mol. The van der Waals surface area contributed by atoms with E-state index in [4.69, 9.17) is 5.21 Å². The summed E-state index contributed by atoms with van der Waals surface area (Å²) in [7, 11) is 0. The summed E-state index contributed by atoms with van der Waals surface area (Å²) >= 11 is 0. The zero-order valence-electron chi connectivity index (χ0n) is 7.09. The van der Waals surface area contributed by atoms with Crippen molar-refractivity contribution in [1.29, 1.82) is 0 Å². The quantitative estimate of drug-likeness (QED) is 0.525. The second kappa shape index (κ2) is 5.45. The number of rotatable bonds is 0. The SMILES string of the molecule is CC.CC1=CCCN(O)C1. The Bertz CT molecular complexity index is 110. The Morgan fingerprint density at radius 1 is 1.50 bits per heavy atom. The van der Waals surface area contributed by atoms with Crippen molar-refractivity contribution in [3.05, 3.63) is 11.6 Å². The first-order chi connectivity index (χ1) is 4.79. The van der Waals surface area contributed by atoms with Crippen LogP contribution in [-0.2, 0) is 0 Å². The Kier molecular flexibility index (Phi) is 5.26. The van der Waals surface area contributed by atoms with Crippen molar-refractivity contribution >= 4 is 0 Å². The van der Waals surface area contributed by atoms with Crippen molar-refractivity contribution in [3.8, 4) is 0 Å². The fourth-order valence-corrected chi connectivity index (χ4v) is 0.891. The Labute approximate surface area is 63.1 Å². The summed E-state index contributed by atoms with van der Waals surface area (Å²) in [5, 5.41) is 10.2. The monoisotopic (exact) mass is 143 g/mol. The molecule has 2 nitrogen and oxygen atoms in total. The van der Waals surface area contributed by atoms with Gasteiger partial charge in [0.2, 0.25) is 0 Å². The minimum absolute atomic E-state index is 0.722. The predicted octanol–water partition coefficient (Wildman–Crippen LogP) is 2.05. The maximum atomic E-state index is 8.87. The predicted molar refractivity (Wildman–Crippen MR) is 43.1 cm³/mol. The number of hydrogen-bond donors (Lipinski definition) is 1. The molecule has 1 N–H and O–H groups in total.